The average molecular weight is 210 g/mol. The van der Waals surface area contributed by atoms with Gasteiger partial charge in [-0.1, -0.05) is 13.3 Å². The topological polar surface area (TPSA) is 51.2 Å². The summed E-state index contributed by atoms with van der Waals surface area (Å²) in [6.45, 7) is 4.88. The first-order valence-corrected chi connectivity index (χ1v) is 5.48. The van der Waals surface area contributed by atoms with Gasteiger partial charge in [0.2, 0.25) is 0 Å². The van der Waals surface area contributed by atoms with Crippen LogP contribution in [-0.4, -0.2) is 17.9 Å². The Hall–Kier alpha value is -0.990. The second kappa shape index (κ2) is 4.25. The second-order valence-corrected chi connectivity index (χ2v) is 4.44. The Morgan fingerprint density at radius 1 is 1.33 bits per heavy atom. The molecule has 0 unspecified atom stereocenters. The molecule has 1 aliphatic carbocycles. The summed E-state index contributed by atoms with van der Waals surface area (Å²) in [4.78, 5) is 34.3. The number of hydrogen-bond donors (Lipinski definition) is 0. The van der Waals surface area contributed by atoms with Crippen LogP contribution in [0.5, 0.6) is 0 Å². The Labute approximate surface area is 90.2 Å². The van der Waals surface area contributed by atoms with Crippen LogP contribution >= 0.6 is 0 Å². The predicted octanol–water partition coefficient (Wildman–Crippen LogP) is 1.79. The third-order valence-electron chi connectivity index (χ3n) is 3.89. The smallest absolute Gasteiger partial charge is 0.143 e. The summed E-state index contributed by atoms with van der Waals surface area (Å²) >= 11 is 0. The molecule has 0 saturated heterocycles. The van der Waals surface area contributed by atoms with Crippen LogP contribution in [0.25, 0.3) is 0 Å². The summed E-state index contributed by atoms with van der Waals surface area (Å²) in [6, 6.07) is 0. The molecular weight excluding hydrogens is 192 g/mol. The Kier molecular flexibility index (Phi) is 3.42. The third-order valence-corrected chi connectivity index (χ3v) is 3.89. The van der Waals surface area contributed by atoms with Gasteiger partial charge in [-0.2, -0.15) is 0 Å². The van der Waals surface area contributed by atoms with Crippen molar-refractivity contribution in [3.05, 3.63) is 0 Å². The molecule has 1 fully saturated rings. The van der Waals surface area contributed by atoms with Crippen molar-refractivity contribution in [3.8, 4) is 0 Å². The van der Waals surface area contributed by atoms with Gasteiger partial charge >= 0.3 is 0 Å². The molecule has 1 aliphatic rings. The molecule has 15 heavy (non-hydrogen) atoms. The largest absolute Gasteiger partial charge is 0.303 e. The van der Waals surface area contributed by atoms with Gasteiger partial charge in [0.25, 0.3) is 0 Å². The summed E-state index contributed by atoms with van der Waals surface area (Å²) in [5.41, 5.74) is -0.875. The van der Waals surface area contributed by atoms with E-state index >= 15 is 0 Å². The van der Waals surface area contributed by atoms with E-state index in [-0.39, 0.29) is 23.4 Å². The summed E-state index contributed by atoms with van der Waals surface area (Å²) in [5, 5.41) is 0. The van der Waals surface area contributed by atoms with Gasteiger partial charge in [0.05, 0.1) is 5.41 Å². The number of carbonyl (C=O) groups is 3. The highest BCUT2D eigenvalue weighted by molar-refractivity contribution is 6.06. The van der Waals surface area contributed by atoms with Crippen LogP contribution in [0.3, 0.4) is 0 Å². The van der Waals surface area contributed by atoms with Gasteiger partial charge in [0.15, 0.2) is 0 Å². The monoisotopic (exact) mass is 210 g/mol. The first-order valence-electron chi connectivity index (χ1n) is 5.48. The zero-order valence-electron chi connectivity index (χ0n) is 9.58. The highest BCUT2D eigenvalue weighted by atomic mass is 16.2. The molecule has 0 spiro atoms. The number of aldehydes is 1. The van der Waals surface area contributed by atoms with Gasteiger partial charge in [0, 0.05) is 5.92 Å². The molecule has 0 aromatic rings. The van der Waals surface area contributed by atoms with E-state index in [0.29, 0.717) is 19.3 Å². The van der Waals surface area contributed by atoms with Crippen LogP contribution < -0.4 is 0 Å². The molecule has 0 aromatic carbocycles. The minimum atomic E-state index is -0.875. The lowest BCUT2D eigenvalue weighted by molar-refractivity contribution is -0.141. The molecule has 3 heteroatoms. The summed E-state index contributed by atoms with van der Waals surface area (Å²) in [5.74, 6) is -0.370. The number of hydrogen-bond acceptors (Lipinski definition) is 3. The molecule has 0 amide bonds. The van der Waals surface area contributed by atoms with E-state index in [1.165, 1.54) is 13.8 Å². The average Bonchev–Trinajstić information content (AvgIpc) is 2.56. The van der Waals surface area contributed by atoms with E-state index in [1.54, 1.807) is 0 Å². The summed E-state index contributed by atoms with van der Waals surface area (Å²) in [6.07, 6.45) is 2.82. The molecule has 2 atom stereocenters. The predicted molar refractivity (Wildman–Crippen MR) is 56.4 cm³/mol. The Bertz CT molecular complexity index is 279. The molecule has 84 valence electrons. The van der Waals surface area contributed by atoms with Gasteiger partial charge in [-0.25, -0.2) is 0 Å². The lowest BCUT2D eigenvalue weighted by Crippen LogP contribution is -2.41. The Morgan fingerprint density at radius 2 is 1.87 bits per heavy atom. The SMILES string of the molecule is CC[C@@H]1[C@@H](C=O)CCC1(C(C)=O)C(C)=O. The standard InChI is InChI=1S/C12H18O3/c1-4-11-10(7-13)5-6-12(11,8(2)14)9(3)15/h7,10-11H,4-6H2,1-3H3/t10-,11-/m1/s1. The fourth-order valence-electron chi connectivity index (χ4n) is 3.08. The molecule has 0 radical (unpaired) electrons. The lowest BCUT2D eigenvalue weighted by atomic mass is 9.69. The van der Waals surface area contributed by atoms with Crippen LogP contribution in [-0.2, 0) is 14.4 Å². The number of rotatable bonds is 4. The number of carbonyl (C=O) groups excluding carboxylic acids is 3. The molecule has 0 N–H and O–H groups in total. The summed E-state index contributed by atoms with van der Waals surface area (Å²) in [7, 11) is 0. The van der Waals surface area contributed by atoms with E-state index in [1.807, 2.05) is 6.92 Å². The van der Waals surface area contributed by atoms with Crippen molar-refractivity contribution in [3.63, 3.8) is 0 Å². The molecule has 0 aliphatic heterocycles. The minimum absolute atomic E-state index is 0.0776. The van der Waals surface area contributed by atoms with E-state index in [9.17, 15) is 14.4 Å². The van der Waals surface area contributed by atoms with Crippen LogP contribution in [0, 0.1) is 17.3 Å². The van der Waals surface area contributed by atoms with E-state index in [0.717, 1.165) is 6.29 Å². The van der Waals surface area contributed by atoms with Gasteiger partial charge in [-0.3, -0.25) is 9.59 Å². The zero-order chi connectivity index (χ0) is 11.6. The normalized spacial score (nSPS) is 28.7. The van der Waals surface area contributed by atoms with Crippen LogP contribution in [0.15, 0.2) is 0 Å². The molecule has 3 nitrogen and oxygen atoms in total. The van der Waals surface area contributed by atoms with Crippen molar-refractivity contribution in [1.82, 2.24) is 0 Å². The Morgan fingerprint density at radius 3 is 2.20 bits per heavy atom. The van der Waals surface area contributed by atoms with Crippen molar-refractivity contribution >= 4 is 17.9 Å². The third kappa shape index (κ3) is 1.64. The fourth-order valence-corrected chi connectivity index (χ4v) is 3.08. The first-order chi connectivity index (χ1) is 7.00. The lowest BCUT2D eigenvalue weighted by Gasteiger charge is -2.31. The molecule has 1 rings (SSSR count). The number of Topliss-reactive ketones (excluding diaryl/α,β-unsaturated/α-hetero) is 2. The van der Waals surface area contributed by atoms with Gasteiger partial charge in [0.1, 0.15) is 17.9 Å². The van der Waals surface area contributed by atoms with Gasteiger partial charge in [-0.15, -0.1) is 0 Å². The molecule has 1 saturated carbocycles. The zero-order valence-corrected chi connectivity index (χ0v) is 9.58. The van der Waals surface area contributed by atoms with Crippen molar-refractivity contribution in [2.45, 2.75) is 40.0 Å². The van der Waals surface area contributed by atoms with Crippen molar-refractivity contribution < 1.29 is 14.4 Å². The van der Waals surface area contributed by atoms with Crippen molar-refractivity contribution in [2.24, 2.45) is 17.3 Å². The maximum absolute atomic E-state index is 11.7. The minimum Gasteiger partial charge on any atom is -0.303 e. The highest BCUT2D eigenvalue weighted by Gasteiger charge is 2.53. The maximum atomic E-state index is 11.7. The van der Waals surface area contributed by atoms with Crippen molar-refractivity contribution in [2.75, 3.05) is 0 Å². The van der Waals surface area contributed by atoms with Crippen LogP contribution in [0.2, 0.25) is 0 Å². The quantitative estimate of drug-likeness (QED) is 0.525. The Balaban J connectivity index is 3.14. The molecule has 0 heterocycles. The fraction of sp³-hybridized carbons (Fsp3) is 0.750. The first kappa shape index (κ1) is 12.1. The maximum Gasteiger partial charge on any atom is 0.143 e. The molecular formula is C12H18O3. The number of ketones is 2. The van der Waals surface area contributed by atoms with Crippen molar-refractivity contribution in [1.29, 1.82) is 0 Å². The van der Waals surface area contributed by atoms with Gasteiger partial charge in [-0.05, 0) is 32.6 Å². The van der Waals surface area contributed by atoms with E-state index in [4.69, 9.17) is 0 Å². The second-order valence-electron chi connectivity index (χ2n) is 4.44. The summed E-state index contributed by atoms with van der Waals surface area (Å²) < 4.78 is 0. The van der Waals surface area contributed by atoms with E-state index < -0.39 is 5.41 Å². The van der Waals surface area contributed by atoms with E-state index in [2.05, 4.69) is 0 Å². The van der Waals surface area contributed by atoms with Gasteiger partial charge < -0.3 is 4.79 Å². The molecule has 0 aromatic heterocycles. The van der Waals surface area contributed by atoms with Crippen LogP contribution in [0.1, 0.15) is 40.0 Å². The van der Waals surface area contributed by atoms with Crippen LogP contribution in [0.4, 0.5) is 0 Å². The molecule has 0 bridgehead atoms. The highest BCUT2D eigenvalue weighted by Crippen LogP contribution is 2.49.